The monoisotopic (exact) mass is 267 g/mol. The van der Waals surface area contributed by atoms with Crippen molar-refractivity contribution >= 4 is 17.5 Å². The van der Waals surface area contributed by atoms with Crippen LogP contribution in [0.5, 0.6) is 0 Å². The molecule has 1 heterocycles. The first kappa shape index (κ1) is 13.3. The predicted octanol–water partition coefficient (Wildman–Crippen LogP) is 2.83. The molecule has 0 aliphatic heterocycles. The van der Waals surface area contributed by atoms with Gasteiger partial charge in [-0.3, -0.25) is 9.78 Å². The number of carbonyl (C=O) groups excluding carboxylic acids is 1. The molecule has 0 radical (unpaired) electrons. The van der Waals surface area contributed by atoms with E-state index in [1.807, 2.05) is 0 Å². The van der Waals surface area contributed by atoms with Crippen molar-refractivity contribution in [3.63, 3.8) is 0 Å². The van der Waals surface area contributed by atoms with E-state index in [1.165, 1.54) is 18.8 Å². The van der Waals surface area contributed by atoms with Crippen LogP contribution in [0.3, 0.4) is 0 Å². The third-order valence-corrected chi connectivity index (χ3v) is 3.56. The molecular weight excluding hydrogens is 250 g/mol. The Morgan fingerprint density at radius 2 is 2.28 bits per heavy atom. The summed E-state index contributed by atoms with van der Waals surface area (Å²) in [6, 6.07) is 0.224. The average molecular weight is 268 g/mol. The molecule has 1 amide bonds. The van der Waals surface area contributed by atoms with Crippen LogP contribution >= 0.6 is 11.6 Å². The SMILES string of the molecule is CC1(C)CCCC(NC(=O)c2cncc(Cl)n2)C1. The highest BCUT2D eigenvalue weighted by Gasteiger charge is 2.29. The lowest BCUT2D eigenvalue weighted by molar-refractivity contribution is 0.0897. The third-order valence-electron chi connectivity index (χ3n) is 3.38. The number of amides is 1. The maximum absolute atomic E-state index is 12.0. The molecule has 18 heavy (non-hydrogen) atoms. The fourth-order valence-corrected chi connectivity index (χ4v) is 2.68. The molecule has 0 saturated heterocycles. The van der Waals surface area contributed by atoms with Crippen LogP contribution in [-0.2, 0) is 0 Å². The van der Waals surface area contributed by atoms with Crippen LogP contribution in [0.4, 0.5) is 0 Å². The minimum Gasteiger partial charge on any atom is -0.348 e. The zero-order valence-corrected chi connectivity index (χ0v) is 11.5. The highest BCUT2D eigenvalue weighted by molar-refractivity contribution is 6.29. The molecule has 1 atom stereocenters. The van der Waals surface area contributed by atoms with Crippen molar-refractivity contribution in [3.05, 3.63) is 23.2 Å². The first-order valence-electron chi connectivity index (χ1n) is 6.25. The van der Waals surface area contributed by atoms with Crippen molar-refractivity contribution in [2.75, 3.05) is 0 Å². The summed E-state index contributed by atoms with van der Waals surface area (Å²) in [7, 11) is 0. The number of carbonyl (C=O) groups is 1. The molecule has 1 aromatic rings. The van der Waals surface area contributed by atoms with Crippen molar-refractivity contribution < 1.29 is 4.79 Å². The normalized spacial score (nSPS) is 22.5. The van der Waals surface area contributed by atoms with Crippen LogP contribution in [-0.4, -0.2) is 21.9 Å². The number of nitrogens with one attached hydrogen (secondary N) is 1. The van der Waals surface area contributed by atoms with E-state index in [2.05, 4.69) is 29.1 Å². The molecule has 0 bridgehead atoms. The maximum Gasteiger partial charge on any atom is 0.271 e. The zero-order chi connectivity index (χ0) is 13.2. The van der Waals surface area contributed by atoms with Gasteiger partial charge >= 0.3 is 0 Å². The highest BCUT2D eigenvalue weighted by atomic mass is 35.5. The van der Waals surface area contributed by atoms with E-state index in [1.54, 1.807) is 0 Å². The molecule has 1 aliphatic carbocycles. The van der Waals surface area contributed by atoms with E-state index in [0.29, 0.717) is 5.41 Å². The van der Waals surface area contributed by atoms with E-state index in [0.717, 1.165) is 19.3 Å². The molecule has 1 saturated carbocycles. The molecule has 1 unspecified atom stereocenters. The molecule has 98 valence electrons. The second kappa shape index (κ2) is 5.22. The second-order valence-corrected chi connectivity index (χ2v) is 6.05. The van der Waals surface area contributed by atoms with Gasteiger partial charge in [0.05, 0.1) is 12.4 Å². The minimum absolute atomic E-state index is 0.187. The number of nitrogens with zero attached hydrogens (tertiary/aromatic N) is 2. The molecule has 5 heteroatoms. The van der Waals surface area contributed by atoms with Gasteiger partial charge in [0.1, 0.15) is 10.8 Å². The Balaban J connectivity index is 1.99. The largest absolute Gasteiger partial charge is 0.348 e. The molecule has 1 aliphatic rings. The topological polar surface area (TPSA) is 54.9 Å². The van der Waals surface area contributed by atoms with Gasteiger partial charge in [-0.25, -0.2) is 4.98 Å². The van der Waals surface area contributed by atoms with Gasteiger partial charge in [0, 0.05) is 6.04 Å². The maximum atomic E-state index is 12.0. The quantitative estimate of drug-likeness (QED) is 0.896. The summed E-state index contributed by atoms with van der Waals surface area (Å²) in [5, 5.41) is 3.26. The lowest BCUT2D eigenvalue weighted by Crippen LogP contribution is -2.41. The summed E-state index contributed by atoms with van der Waals surface area (Å²) in [5.41, 5.74) is 0.585. The van der Waals surface area contributed by atoms with Crippen molar-refractivity contribution in [2.45, 2.75) is 45.6 Å². The Labute approximate surface area is 112 Å². The summed E-state index contributed by atoms with van der Waals surface area (Å²) in [5.74, 6) is -0.187. The van der Waals surface area contributed by atoms with Gasteiger partial charge in [-0.2, -0.15) is 0 Å². The number of hydrogen-bond acceptors (Lipinski definition) is 3. The fourth-order valence-electron chi connectivity index (χ4n) is 2.53. The van der Waals surface area contributed by atoms with E-state index in [-0.39, 0.29) is 22.8 Å². The minimum atomic E-state index is -0.187. The lowest BCUT2D eigenvalue weighted by atomic mass is 9.75. The molecule has 1 aromatic heterocycles. The van der Waals surface area contributed by atoms with E-state index in [4.69, 9.17) is 11.6 Å². The van der Waals surface area contributed by atoms with E-state index < -0.39 is 0 Å². The first-order chi connectivity index (χ1) is 8.46. The van der Waals surface area contributed by atoms with E-state index in [9.17, 15) is 4.79 Å². The van der Waals surface area contributed by atoms with Crippen LogP contribution in [0.25, 0.3) is 0 Å². The molecule has 4 nitrogen and oxygen atoms in total. The summed E-state index contributed by atoms with van der Waals surface area (Å²) >= 11 is 5.72. The summed E-state index contributed by atoms with van der Waals surface area (Å²) in [6.45, 7) is 4.48. The van der Waals surface area contributed by atoms with Crippen molar-refractivity contribution in [1.82, 2.24) is 15.3 Å². The van der Waals surface area contributed by atoms with Gasteiger partial charge < -0.3 is 5.32 Å². The molecule has 1 fully saturated rings. The Kier molecular flexibility index (Phi) is 3.85. The van der Waals surface area contributed by atoms with E-state index >= 15 is 0 Å². The van der Waals surface area contributed by atoms with Crippen LogP contribution in [0, 0.1) is 5.41 Å². The van der Waals surface area contributed by atoms with Gasteiger partial charge in [-0.15, -0.1) is 0 Å². The summed E-state index contributed by atoms with van der Waals surface area (Å²) < 4.78 is 0. The van der Waals surface area contributed by atoms with Crippen LogP contribution in [0.2, 0.25) is 5.15 Å². The van der Waals surface area contributed by atoms with Crippen LogP contribution < -0.4 is 5.32 Å². The van der Waals surface area contributed by atoms with Gasteiger partial charge in [-0.05, 0) is 24.7 Å². The molecule has 2 rings (SSSR count). The number of hydrogen-bond donors (Lipinski definition) is 1. The predicted molar refractivity (Wildman–Crippen MR) is 70.5 cm³/mol. The second-order valence-electron chi connectivity index (χ2n) is 5.66. The highest BCUT2D eigenvalue weighted by Crippen LogP contribution is 2.35. The lowest BCUT2D eigenvalue weighted by Gasteiger charge is -2.35. The average Bonchev–Trinajstić information content (AvgIpc) is 2.27. The molecule has 1 N–H and O–H groups in total. The van der Waals surface area contributed by atoms with Crippen molar-refractivity contribution in [2.24, 2.45) is 5.41 Å². The molecular formula is C13H18ClN3O. The van der Waals surface area contributed by atoms with Gasteiger partial charge in [-0.1, -0.05) is 31.9 Å². The number of aromatic nitrogens is 2. The van der Waals surface area contributed by atoms with Crippen molar-refractivity contribution in [1.29, 1.82) is 0 Å². The third kappa shape index (κ3) is 3.42. The number of halogens is 1. The van der Waals surface area contributed by atoms with Crippen LogP contribution in [0.1, 0.15) is 50.0 Å². The first-order valence-corrected chi connectivity index (χ1v) is 6.62. The van der Waals surface area contributed by atoms with Crippen LogP contribution in [0.15, 0.2) is 12.4 Å². The number of rotatable bonds is 2. The Hall–Kier alpha value is -1.16. The molecule has 0 spiro atoms. The standard InChI is InChI=1S/C13H18ClN3O/c1-13(2)5-3-4-9(6-13)16-12(18)10-7-15-8-11(14)17-10/h7-9H,3-6H2,1-2H3,(H,16,18). The summed E-state index contributed by atoms with van der Waals surface area (Å²) in [4.78, 5) is 19.8. The Morgan fingerprint density at radius 1 is 1.50 bits per heavy atom. The van der Waals surface area contributed by atoms with Crippen molar-refractivity contribution in [3.8, 4) is 0 Å². The van der Waals surface area contributed by atoms with Gasteiger partial charge in [0.2, 0.25) is 0 Å². The Bertz CT molecular complexity index is 448. The summed E-state index contributed by atoms with van der Waals surface area (Å²) in [6.07, 6.45) is 7.27. The fraction of sp³-hybridized carbons (Fsp3) is 0.615. The molecule has 0 aromatic carbocycles. The van der Waals surface area contributed by atoms with Gasteiger partial charge in [0.15, 0.2) is 0 Å². The van der Waals surface area contributed by atoms with Gasteiger partial charge in [0.25, 0.3) is 5.91 Å². The smallest absolute Gasteiger partial charge is 0.271 e. The zero-order valence-electron chi connectivity index (χ0n) is 10.7. The Morgan fingerprint density at radius 3 is 2.94 bits per heavy atom.